The zero-order valence-corrected chi connectivity index (χ0v) is 43.4. The number of para-hydroxylation sites is 1. The van der Waals surface area contributed by atoms with Crippen molar-refractivity contribution in [1.29, 1.82) is 0 Å². The molecule has 0 radical (unpaired) electrons. The molecule has 0 aliphatic rings. The summed E-state index contributed by atoms with van der Waals surface area (Å²) in [6, 6.07) is 29.9. The van der Waals surface area contributed by atoms with Crippen LogP contribution in [0.3, 0.4) is 0 Å². The predicted octanol–water partition coefficient (Wildman–Crippen LogP) is 12.2. The van der Waals surface area contributed by atoms with Crippen LogP contribution in [0.5, 0.6) is 5.75 Å². The van der Waals surface area contributed by atoms with E-state index in [1.807, 2.05) is 6.07 Å². The molecule has 0 aromatic heterocycles. The summed E-state index contributed by atoms with van der Waals surface area (Å²) in [6.07, 6.45) is -5.62. The molecule has 3 nitrogen and oxygen atoms in total. The maximum atomic E-state index is 16.0. The third-order valence-corrected chi connectivity index (χ3v) is 18.8. The molecule has 0 saturated carbocycles. The van der Waals surface area contributed by atoms with E-state index in [9.17, 15) is 17.6 Å². The van der Waals surface area contributed by atoms with Gasteiger partial charge < -0.3 is 0 Å². The summed E-state index contributed by atoms with van der Waals surface area (Å²) in [5.74, 6) is -30.3. The molecule has 25 heteroatoms. The molecular weight excluding hydrogens is 1210 g/mol. The van der Waals surface area contributed by atoms with Crippen molar-refractivity contribution in [2.75, 3.05) is 33.5 Å². The van der Waals surface area contributed by atoms with Crippen LogP contribution in [0.2, 0.25) is 40.2 Å². The van der Waals surface area contributed by atoms with Crippen LogP contribution in [0.4, 0.5) is 52.7 Å². The molecule has 0 atom stereocenters. The standard InChI is InChI=1S/C24BCl8F12.C23H25O3Se/c26-5-1(13(34)21(42)17(38)9(5)30)25(2-6(27)10(31)18(39)22(43)14(2)35,3-7(28)11(32)19(40)23(44)15(3)36)4-8(29)12(33)20(41)24(45)16(4)37;1-24-16-17-25-18-19-26-22-14-8-9-15-23(22)27(20-10-4-2-5-11-20)21-12-6-3-7-13-21/h;2-15H,16-19H2,1H3/q-1;+1. The van der Waals surface area contributed by atoms with E-state index in [1.165, 1.54) is 13.4 Å². The average Bonchev–Trinajstić information content (AvgIpc) is 3.38. The van der Waals surface area contributed by atoms with Gasteiger partial charge in [0.15, 0.2) is 46.5 Å². The molecular formula is C47H25BCl8F12O3Se. The molecule has 0 fully saturated rings. The third-order valence-electron chi connectivity index (χ3n) is 10.7. The summed E-state index contributed by atoms with van der Waals surface area (Å²) in [5, 5.41) is -13.9. The van der Waals surface area contributed by atoms with Gasteiger partial charge in [0.05, 0.1) is 20.1 Å². The summed E-state index contributed by atoms with van der Waals surface area (Å²) in [5.41, 5.74) is -8.47. The number of rotatable bonds is 14. The van der Waals surface area contributed by atoms with Gasteiger partial charge in [0.1, 0.15) is 29.4 Å². The van der Waals surface area contributed by atoms with Crippen molar-refractivity contribution in [3.05, 3.63) is 195 Å². The van der Waals surface area contributed by atoms with E-state index >= 15 is 35.1 Å². The van der Waals surface area contributed by atoms with Gasteiger partial charge in [-0.2, -0.15) is 0 Å². The molecule has 7 rings (SSSR count). The number of hydrogen-bond donors (Lipinski definition) is 0. The van der Waals surface area contributed by atoms with Crippen molar-refractivity contribution in [3.8, 4) is 5.75 Å². The van der Waals surface area contributed by atoms with E-state index in [4.69, 9.17) is 107 Å². The Morgan fingerprint density at radius 1 is 0.361 bits per heavy atom. The number of methoxy groups -OCH3 is 1. The van der Waals surface area contributed by atoms with Gasteiger partial charge in [0.2, 0.25) is 0 Å². The summed E-state index contributed by atoms with van der Waals surface area (Å²) in [7, 11) is 1.67. The van der Waals surface area contributed by atoms with Gasteiger partial charge in [-0.15, -0.1) is 21.9 Å². The van der Waals surface area contributed by atoms with Crippen LogP contribution in [-0.2, 0) is 9.47 Å². The fourth-order valence-corrected chi connectivity index (χ4v) is 14.2. The first kappa shape index (κ1) is 57.6. The van der Waals surface area contributed by atoms with Crippen molar-refractivity contribution < 1.29 is 66.9 Å². The Balaban J connectivity index is 0.000000266. The van der Waals surface area contributed by atoms with E-state index in [0.29, 0.717) is 26.4 Å². The van der Waals surface area contributed by atoms with E-state index in [-0.39, 0.29) is 0 Å². The molecule has 380 valence electrons. The van der Waals surface area contributed by atoms with Crippen LogP contribution in [-0.4, -0.2) is 53.6 Å². The van der Waals surface area contributed by atoms with Crippen LogP contribution in [0.1, 0.15) is 0 Å². The molecule has 7 aromatic carbocycles. The molecule has 0 aliphatic carbocycles. The molecule has 0 saturated heterocycles. The maximum Gasteiger partial charge on any atom is 0.192 e. The van der Waals surface area contributed by atoms with Gasteiger partial charge in [0, 0.05) is 20.1 Å². The minimum Gasteiger partial charge on any atom is -0.207 e. The van der Waals surface area contributed by atoms with E-state index < -0.39 is 152 Å². The summed E-state index contributed by atoms with van der Waals surface area (Å²) in [4.78, 5) is 0. The summed E-state index contributed by atoms with van der Waals surface area (Å²) < 4.78 is 203. The first-order chi connectivity index (χ1) is 34.1. The second-order valence-electron chi connectivity index (χ2n) is 14.6. The molecule has 0 unspecified atom stereocenters. The molecule has 0 heterocycles. The fraction of sp³-hybridized carbons (Fsp3) is 0.106. The Morgan fingerprint density at radius 2 is 0.667 bits per heavy atom. The molecule has 0 aliphatic heterocycles. The number of ether oxygens (including phenoxy) is 3. The molecule has 0 bridgehead atoms. The quantitative estimate of drug-likeness (QED) is 0.0357. The second-order valence-corrected chi connectivity index (χ2v) is 21.8. The number of hydrogen-bond acceptors (Lipinski definition) is 3. The number of benzene rings is 7. The summed E-state index contributed by atoms with van der Waals surface area (Å²) in [6.45, 7) is 2.28. The number of halogens is 20. The van der Waals surface area contributed by atoms with Crippen molar-refractivity contribution in [2.45, 2.75) is 0 Å². The Morgan fingerprint density at radius 3 is 1.00 bits per heavy atom. The topological polar surface area (TPSA) is 27.7 Å². The van der Waals surface area contributed by atoms with Gasteiger partial charge in [-0.3, -0.25) is 0 Å². The van der Waals surface area contributed by atoms with Crippen LogP contribution < -0.4 is 40.0 Å². The van der Waals surface area contributed by atoms with E-state index in [0.717, 1.165) is 5.75 Å². The minimum atomic E-state index is -5.62. The zero-order valence-electron chi connectivity index (χ0n) is 35.7. The van der Waals surface area contributed by atoms with Crippen LogP contribution in [0, 0.1) is 69.8 Å². The monoisotopic (exact) mass is 1240 g/mol. The first-order valence-corrected chi connectivity index (χ1v) is 25.6. The van der Waals surface area contributed by atoms with Crippen molar-refractivity contribution >= 4 is 148 Å². The zero-order chi connectivity index (χ0) is 53.1. The Hall–Kier alpha value is -3.68. The van der Waals surface area contributed by atoms with E-state index in [1.54, 1.807) is 7.11 Å². The average molecular weight is 1240 g/mol. The Bertz CT molecular complexity index is 2750. The van der Waals surface area contributed by atoms with Crippen molar-refractivity contribution in [2.24, 2.45) is 0 Å². The normalized spacial score (nSPS) is 11.6. The van der Waals surface area contributed by atoms with Gasteiger partial charge in [-0.05, 0) is 0 Å². The van der Waals surface area contributed by atoms with Gasteiger partial charge in [0.25, 0.3) is 0 Å². The van der Waals surface area contributed by atoms with Gasteiger partial charge >= 0.3 is 166 Å². The predicted molar refractivity (Wildman–Crippen MR) is 262 cm³/mol. The van der Waals surface area contributed by atoms with Gasteiger partial charge in [-0.25, -0.2) is 52.7 Å². The van der Waals surface area contributed by atoms with Gasteiger partial charge in [-0.1, -0.05) is 92.8 Å². The smallest absolute Gasteiger partial charge is 0.192 e. The maximum absolute atomic E-state index is 16.0. The molecule has 0 spiro atoms. The minimum absolute atomic E-state index is 0.531. The SMILES string of the molecule is COCCOCCOc1ccccc1[Se+](c1ccccc1)c1ccccc1.Fc1c(F)c(Cl)c(Cl)c([B-](c2c(F)c(F)c(F)c(Cl)c2Cl)(c2c(F)c(F)c(F)c(Cl)c2Cl)c2c(F)c(F)c(F)c(Cl)c2Cl)c1F. The van der Waals surface area contributed by atoms with Crippen LogP contribution >= 0.6 is 92.8 Å². The van der Waals surface area contributed by atoms with E-state index in [2.05, 4.69) is 78.9 Å². The summed E-state index contributed by atoms with van der Waals surface area (Å²) >= 11 is 45.2. The van der Waals surface area contributed by atoms with Crippen LogP contribution in [0.15, 0.2) is 84.9 Å². The Kier molecular flexibility index (Phi) is 19.5. The molecule has 0 amide bonds. The Labute approximate surface area is 446 Å². The molecule has 72 heavy (non-hydrogen) atoms. The first-order valence-electron chi connectivity index (χ1n) is 20.0. The molecule has 7 aromatic rings. The molecule has 0 N–H and O–H groups in total. The fourth-order valence-electron chi connectivity index (χ4n) is 7.57. The second kappa shape index (κ2) is 24.3. The van der Waals surface area contributed by atoms with Crippen LogP contribution in [0.25, 0.3) is 0 Å². The van der Waals surface area contributed by atoms with Crippen molar-refractivity contribution in [3.63, 3.8) is 0 Å². The van der Waals surface area contributed by atoms with Crippen molar-refractivity contribution in [1.82, 2.24) is 0 Å². The third kappa shape index (κ3) is 10.6. The largest absolute Gasteiger partial charge is 0.207 e.